The number of urea groups is 1. The van der Waals surface area contributed by atoms with Gasteiger partial charge in [-0.25, -0.2) is 9.18 Å². The van der Waals surface area contributed by atoms with E-state index in [-0.39, 0.29) is 17.8 Å². The van der Waals surface area contributed by atoms with Gasteiger partial charge in [-0.05, 0) is 37.1 Å². The molecule has 1 atom stereocenters. The molecule has 1 aliphatic rings. The summed E-state index contributed by atoms with van der Waals surface area (Å²) in [5, 5.41) is 10.9. The Bertz CT molecular complexity index is 714. The summed E-state index contributed by atoms with van der Waals surface area (Å²) in [5.41, 5.74) is 0.673. The standard InChI is InChI=1S/C17H19FN4O2/c1-2-9-19-17(23)22-10-3-4-13(11-22)16-21-20-15(24-16)12-5-7-14(18)8-6-12/h2,5-8,13H,1,3-4,9-11H2,(H,19,23). The lowest BCUT2D eigenvalue weighted by molar-refractivity contribution is 0.175. The van der Waals surface area contributed by atoms with Crippen LogP contribution in [0.5, 0.6) is 0 Å². The SMILES string of the molecule is C=CCNC(=O)N1CCCC(c2nnc(-c3ccc(F)cc3)o2)C1. The highest BCUT2D eigenvalue weighted by Crippen LogP contribution is 2.28. The molecule has 1 aromatic carbocycles. The van der Waals surface area contributed by atoms with Crippen molar-refractivity contribution in [3.63, 3.8) is 0 Å². The van der Waals surface area contributed by atoms with Gasteiger partial charge in [0.2, 0.25) is 11.8 Å². The van der Waals surface area contributed by atoms with Crippen LogP contribution in [0.3, 0.4) is 0 Å². The molecule has 1 unspecified atom stereocenters. The fourth-order valence-corrected chi connectivity index (χ4v) is 2.74. The zero-order valence-electron chi connectivity index (χ0n) is 13.2. The van der Waals surface area contributed by atoms with E-state index in [0.29, 0.717) is 37.0 Å². The van der Waals surface area contributed by atoms with Crippen molar-refractivity contribution in [2.24, 2.45) is 0 Å². The summed E-state index contributed by atoms with van der Waals surface area (Å²) >= 11 is 0. The molecule has 6 nitrogen and oxygen atoms in total. The molecule has 0 spiro atoms. The maximum atomic E-state index is 13.0. The van der Waals surface area contributed by atoms with Crippen LogP contribution in [-0.4, -0.2) is 40.8 Å². The Hall–Kier alpha value is -2.70. The second-order valence-corrected chi connectivity index (χ2v) is 5.71. The molecule has 1 fully saturated rings. The van der Waals surface area contributed by atoms with Gasteiger partial charge >= 0.3 is 6.03 Å². The van der Waals surface area contributed by atoms with Crippen LogP contribution in [0.15, 0.2) is 41.3 Å². The Kier molecular flexibility index (Phi) is 4.88. The molecule has 7 heteroatoms. The molecule has 1 N–H and O–H groups in total. The molecule has 24 heavy (non-hydrogen) atoms. The smallest absolute Gasteiger partial charge is 0.317 e. The number of carbonyl (C=O) groups is 1. The van der Waals surface area contributed by atoms with Crippen molar-refractivity contribution in [2.45, 2.75) is 18.8 Å². The summed E-state index contributed by atoms with van der Waals surface area (Å²) in [7, 11) is 0. The molecule has 3 rings (SSSR count). The summed E-state index contributed by atoms with van der Waals surface area (Å²) in [6, 6.07) is 5.79. The molecule has 2 aromatic rings. The maximum absolute atomic E-state index is 13.0. The van der Waals surface area contributed by atoms with Crippen molar-refractivity contribution >= 4 is 6.03 Å². The van der Waals surface area contributed by atoms with Crippen molar-refractivity contribution in [1.82, 2.24) is 20.4 Å². The molecule has 0 saturated carbocycles. The Morgan fingerprint density at radius 2 is 2.21 bits per heavy atom. The molecule has 0 bridgehead atoms. The summed E-state index contributed by atoms with van der Waals surface area (Å²) in [4.78, 5) is 13.8. The van der Waals surface area contributed by atoms with Crippen molar-refractivity contribution in [1.29, 1.82) is 0 Å². The van der Waals surface area contributed by atoms with Crippen LogP contribution >= 0.6 is 0 Å². The lowest BCUT2D eigenvalue weighted by Gasteiger charge is -2.30. The number of benzene rings is 1. The Morgan fingerprint density at radius 1 is 1.42 bits per heavy atom. The molecular formula is C17H19FN4O2. The molecule has 126 valence electrons. The monoisotopic (exact) mass is 330 g/mol. The Labute approximate surface area is 139 Å². The average Bonchev–Trinajstić information content (AvgIpc) is 3.10. The van der Waals surface area contributed by atoms with E-state index in [2.05, 4.69) is 22.1 Å². The van der Waals surface area contributed by atoms with Crippen molar-refractivity contribution in [3.8, 4) is 11.5 Å². The van der Waals surface area contributed by atoms with Gasteiger partial charge in [-0.1, -0.05) is 6.08 Å². The first-order chi connectivity index (χ1) is 11.7. The van der Waals surface area contributed by atoms with E-state index in [0.717, 1.165) is 12.8 Å². The van der Waals surface area contributed by atoms with Gasteiger partial charge in [-0.3, -0.25) is 0 Å². The van der Waals surface area contributed by atoms with Crippen LogP contribution in [0.2, 0.25) is 0 Å². The number of nitrogens with one attached hydrogen (secondary N) is 1. The topological polar surface area (TPSA) is 71.3 Å². The number of nitrogens with zero attached hydrogens (tertiary/aromatic N) is 3. The number of likely N-dealkylation sites (tertiary alicyclic amines) is 1. The first-order valence-corrected chi connectivity index (χ1v) is 7.90. The maximum Gasteiger partial charge on any atom is 0.317 e. The summed E-state index contributed by atoms with van der Waals surface area (Å²) in [6.45, 7) is 5.27. The van der Waals surface area contributed by atoms with Gasteiger partial charge in [0.15, 0.2) is 0 Å². The van der Waals surface area contributed by atoms with Crippen LogP contribution in [-0.2, 0) is 0 Å². The van der Waals surface area contributed by atoms with Gasteiger partial charge < -0.3 is 14.6 Å². The molecule has 1 saturated heterocycles. The number of piperidine rings is 1. The minimum atomic E-state index is -0.313. The highest BCUT2D eigenvalue weighted by molar-refractivity contribution is 5.74. The van der Waals surface area contributed by atoms with E-state index in [4.69, 9.17) is 4.42 Å². The molecule has 2 heterocycles. The third-order valence-corrected chi connectivity index (χ3v) is 3.99. The number of rotatable bonds is 4. The summed E-state index contributed by atoms with van der Waals surface area (Å²) < 4.78 is 18.7. The second kappa shape index (κ2) is 7.25. The van der Waals surface area contributed by atoms with E-state index in [9.17, 15) is 9.18 Å². The van der Waals surface area contributed by atoms with Gasteiger partial charge in [-0.2, -0.15) is 0 Å². The van der Waals surface area contributed by atoms with Gasteiger partial charge in [0.25, 0.3) is 0 Å². The predicted molar refractivity (Wildman–Crippen MR) is 86.8 cm³/mol. The van der Waals surface area contributed by atoms with Crippen LogP contribution in [0.4, 0.5) is 9.18 Å². The van der Waals surface area contributed by atoms with Gasteiger partial charge in [0, 0.05) is 25.2 Å². The fraction of sp³-hybridized carbons (Fsp3) is 0.353. The van der Waals surface area contributed by atoms with Gasteiger partial charge in [-0.15, -0.1) is 16.8 Å². The molecule has 0 aliphatic carbocycles. The quantitative estimate of drug-likeness (QED) is 0.875. The van der Waals surface area contributed by atoms with Crippen LogP contribution in [0.25, 0.3) is 11.5 Å². The minimum absolute atomic E-state index is 0.00919. The number of hydrogen-bond acceptors (Lipinski definition) is 4. The minimum Gasteiger partial charge on any atom is -0.420 e. The Morgan fingerprint density at radius 3 is 2.96 bits per heavy atom. The van der Waals surface area contributed by atoms with E-state index < -0.39 is 0 Å². The molecule has 1 aromatic heterocycles. The van der Waals surface area contributed by atoms with E-state index in [1.165, 1.54) is 12.1 Å². The van der Waals surface area contributed by atoms with Crippen LogP contribution in [0, 0.1) is 5.82 Å². The van der Waals surface area contributed by atoms with E-state index in [1.807, 2.05) is 0 Å². The van der Waals surface area contributed by atoms with Crippen molar-refractivity contribution in [2.75, 3.05) is 19.6 Å². The number of amides is 2. The number of aromatic nitrogens is 2. The van der Waals surface area contributed by atoms with E-state index >= 15 is 0 Å². The number of halogens is 1. The summed E-state index contributed by atoms with van der Waals surface area (Å²) in [5.74, 6) is 0.565. The lowest BCUT2D eigenvalue weighted by atomic mass is 9.98. The Balaban J connectivity index is 1.69. The first kappa shape index (κ1) is 16.2. The van der Waals surface area contributed by atoms with Crippen LogP contribution < -0.4 is 5.32 Å². The second-order valence-electron chi connectivity index (χ2n) is 5.71. The lowest BCUT2D eigenvalue weighted by Crippen LogP contribution is -2.45. The highest BCUT2D eigenvalue weighted by Gasteiger charge is 2.28. The van der Waals surface area contributed by atoms with Crippen molar-refractivity contribution in [3.05, 3.63) is 48.6 Å². The van der Waals surface area contributed by atoms with E-state index in [1.54, 1.807) is 23.1 Å². The normalized spacial score (nSPS) is 17.5. The first-order valence-electron chi connectivity index (χ1n) is 7.90. The van der Waals surface area contributed by atoms with Gasteiger partial charge in [0.05, 0.1) is 5.92 Å². The zero-order chi connectivity index (χ0) is 16.9. The molecule has 2 amide bonds. The summed E-state index contributed by atoms with van der Waals surface area (Å²) in [6.07, 6.45) is 3.41. The average molecular weight is 330 g/mol. The molecular weight excluding hydrogens is 311 g/mol. The number of hydrogen-bond donors (Lipinski definition) is 1. The zero-order valence-corrected chi connectivity index (χ0v) is 13.2. The largest absolute Gasteiger partial charge is 0.420 e. The van der Waals surface area contributed by atoms with Gasteiger partial charge in [0.1, 0.15) is 5.82 Å². The number of carbonyl (C=O) groups excluding carboxylic acids is 1. The molecule has 0 radical (unpaired) electrons. The third-order valence-electron chi connectivity index (χ3n) is 3.99. The van der Waals surface area contributed by atoms with Crippen LogP contribution in [0.1, 0.15) is 24.7 Å². The molecule has 1 aliphatic heterocycles. The third kappa shape index (κ3) is 3.61. The highest BCUT2D eigenvalue weighted by atomic mass is 19.1. The fourth-order valence-electron chi connectivity index (χ4n) is 2.74. The van der Waals surface area contributed by atoms with Crippen molar-refractivity contribution < 1.29 is 13.6 Å². The predicted octanol–water partition coefficient (Wildman–Crippen LogP) is 2.95.